The summed E-state index contributed by atoms with van der Waals surface area (Å²) in [5.41, 5.74) is 5.90. The van der Waals surface area contributed by atoms with Crippen LogP contribution in [0.15, 0.2) is 0 Å². The van der Waals surface area contributed by atoms with Gasteiger partial charge in [-0.15, -0.1) is 0 Å². The van der Waals surface area contributed by atoms with Crippen molar-refractivity contribution in [3.05, 3.63) is 0 Å². The van der Waals surface area contributed by atoms with E-state index in [9.17, 15) is 0 Å². The summed E-state index contributed by atoms with van der Waals surface area (Å²) in [6.07, 6.45) is 2.93. The summed E-state index contributed by atoms with van der Waals surface area (Å²) in [6, 6.07) is 0.364. The van der Waals surface area contributed by atoms with Gasteiger partial charge >= 0.3 is 0 Å². The van der Waals surface area contributed by atoms with Crippen LogP contribution in [-0.2, 0) is 4.74 Å². The number of rotatable bonds is 4. The Bertz CT molecular complexity index is 153. The molecule has 0 bridgehead atoms. The van der Waals surface area contributed by atoms with Gasteiger partial charge in [0.25, 0.3) is 0 Å². The fourth-order valence-corrected chi connectivity index (χ4v) is 2.02. The van der Waals surface area contributed by atoms with Crippen molar-refractivity contribution < 1.29 is 4.74 Å². The van der Waals surface area contributed by atoms with Gasteiger partial charge < -0.3 is 10.5 Å². The first-order valence-corrected chi connectivity index (χ1v) is 5.75. The number of morpholine rings is 1. The van der Waals surface area contributed by atoms with Gasteiger partial charge in [0.15, 0.2) is 0 Å². The molecule has 1 heterocycles. The van der Waals surface area contributed by atoms with Gasteiger partial charge in [-0.05, 0) is 33.2 Å². The first kappa shape index (κ1) is 12.0. The molecule has 1 unspecified atom stereocenters. The fourth-order valence-electron chi connectivity index (χ4n) is 2.02. The van der Waals surface area contributed by atoms with Crippen molar-refractivity contribution in [2.24, 2.45) is 5.73 Å². The minimum atomic E-state index is 0.364. The highest BCUT2D eigenvalue weighted by Gasteiger charge is 2.21. The van der Waals surface area contributed by atoms with E-state index in [2.05, 4.69) is 25.7 Å². The third-order valence-corrected chi connectivity index (χ3v) is 2.84. The lowest BCUT2D eigenvalue weighted by molar-refractivity contribution is -0.0684. The van der Waals surface area contributed by atoms with Crippen molar-refractivity contribution in [2.75, 3.05) is 19.6 Å². The fraction of sp³-hybridized carbons (Fsp3) is 1.00. The van der Waals surface area contributed by atoms with Gasteiger partial charge in [-0.1, -0.05) is 6.92 Å². The second-order valence-electron chi connectivity index (χ2n) is 4.47. The molecule has 0 aliphatic carbocycles. The molecule has 2 N–H and O–H groups in total. The Balaban J connectivity index is 2.23. The number of hydrogen-bond acceptors (Lipinski definition) is 3. The summed E-state index contributed by atoms with van der Waals surface area (Å²) in [6.45, 7) is 9.66. The Morgan fingerprint density at radius 1 is 1.36 bits per heavy atom. The monoisotopic (exact) mass is 200 g/mol. The lowest BCUT2D eigenvalue weighted by Gasteiger charge is -2.35. The lowest BCUT2D eigenvalue weighted by Crippen LogP contribution is -2.46. The van der Waals surface area contributed by atoms with Gasteiger partial charge in [0.05, 0.1) is 12.2 Å². The third kappa shape index (κ3) is 3.95. The van der Waals surface area contributed by atoms with Gasteiger partial charge in [-0.2, -0.15) is 0 Å². The Labute approximate surface area is 87.6 Å². The Hall–Kier alpha value is -0.120. The molecule has 3 heteroatoms. The summed E-state index contributed by atoms with van der Waals surface area (Å²) < 4.78 is 5.68. The Kier molecular flexibility index (Phi) is 4.85. The molecule has 0 aromatic heterocycles. The summed E-state index contributed by atoms with van der Waals surface area (Å²) in [4.78, 5) is 2.47. The molecule has 3 nitrogen and oxygen atoms in total. The van der Waals surface area contributed by atoms with E-state index in [0.717, 1.165) is 32.5 Å². The van der Waals surface area contributed by atoms with Crippen LogP contribution in [0.4, 0.5) is 0 Å². The molecule has 1 aliphatic rings. The molecule has 1 fully saturated rings. The van der Waals surface area contributed by atoms with E-state index >= 15 is 0 Å². The first-order valence-electron chi connectivity index (χ1n) is 5.75. The average Bonchev–Trinajstić information content (AvgIpc) is 2.12. The van der Waals surface area contributed by atoms with Crippen LogP contribution in [0.2, 0.25) is 0 Å². The van der Waals surface area contributed by atoms with Crippen LogP contribution in [-0.4, -0.2) is 42.8 Å². The standard InChI is InChI=1S/C11H24N2O/c1-4-11(12)5-6-13-7-9(2)14-10(3)8-13/h9-11H,4-8,12H2,1-3H3/t9-,10+,11?. The van der Waals surface area contributed by atoms with Gasteiger partial charge in [-0.25, -0.2) is 0 Å². The van der Waals surface area contributed by atoms with E-state index in [1.165, 1.54) is 0 Å². The van der Waals surface area contributed by atoms with E-state index < -0.39 is 0 Å². The molecule has 1 aliphatic heterocycles. The van der Waals surface area contributed by atoms with Crippen molar-refractivity contribution in [1.82, 2.24) is 4.90 Å². The number of ether oxygens (including phenoxy) is 1. The quantitative estimate of drug-likeness (QED) is 0.741. The van der Waals surface area contributed by atoms with Crippen LogP contribution >= 0.6 is 0 Å². The van der Waals surface area contributed by atoms with E-state index in [-0.39, 0.29) is 0 Å². The normalized spacial score (nSPS) is 31.7. The van der Waals surface area contributed by atoms with Crippen molar-refractivity contribution in [3.8, 4) is 0 Å². The van der Waals surface area contributed by atoms with Gasteiger partial charge in [-0.3, -0.25) is 4.90 Å². The molecule has 0 aromatic rings. The lowest BCUT2D eigenvalue weighted by atomic mass is 10.1. The molecule has 14 heavy (non-hydrogen) atoms. The second kappa shape index (κ2) is 5.69. The zero-order chi connectivity index (χ0) is 10.6. The molecule has 0 aromatic carbocycles. The predicted molar refractivity (Wildman–Crippen MR) is 59.3 cm³/mol. The highest BCUT2D eigenvalue weighted by atomic mass is 16.5. The van der Waals surface area contributed by atoms with Crippen LogP contribution in [0.5, 0.6) is 0 Å². The smallest absolute Gasteiger partial charge is 0.0678 e. The molecule has 3 atom stereocenters. The molecule has 0 amide bonds. The highest BCUT2D eigenvalue weighted by Crippen LogP contribution is 2.11. The second-order valence-corrected chi connectivity index (χ2v) is 4.47. The Morgan fingerprint density at radius 3 is 2.43 bits per heavy atom. The van der Waals surface area contributed by atoms with Crippen LogP contribution in [0.3, 0.4) is 0 Å². The number of nitrogens with two attached hydrogens (primary N) is 1. The highest BCUT2D eigenvalue weighted by molar-refractivity contribution is 4.74. The topological polar surface area (TPSA) is 38.5 Å². The first-order chi connectivity index (χ1) is 6.61. The van der Waals surface area contributed by atoms with E-state index in [0.29, 0.717) is 18.2 Å². The van der Waals surface area contributed by atoms with Crippen molar-refractivity contribution >= 4 is 0 Å². The molecule has 1 saturated heterocycles. The molecule has 84 valence electrons. The van der Waals surface area contributed by atoms with Gasteiger partial charge in [0.2, 0.25) is 0 Å². The van der Waals surface area contributed by atoms with E-state index in [1.54, 1.807) is 0 Å². The molecular formula is C11H24N2O. The maximum Gasteiger partial charge on any atom is 0.0678 e. The van der Waals surface area contributed by atoms with Crippen LogP contribution < -0.4 is 5.73 Å². The average molecular weight is 200 g/mol. The summed E-state index contributed by atoms with van der Waals surface area (Å²) >= 11 is 0. The van der Waals surface area contributed by atoms with Crippen LogP contribution in [0, 0.1) is 0 Å². The minimum Gasteiger partial charge on any atom is -0.373 e. The number of hydrogen-bond donors (Lipinski definition) is 1. The zero-order valence-corrected chi connectivity index (χ0v) is 9.70. The molecule has 0 saturated carbocycles. The summed E-state index contributed by atoms with van der Waals surface area (Å²) in [7, 11) is 0. The summed E-state index contributed by atoms with van der Waals surface area (Å²) in [5, 5.41) is 0. The largest absolute Gasteiger partial charge is 0.373 e. The maximum absolute atomic E-state index is 5.90. The summed E-state index contributed by atoms with van der Waals surface area (Å²) in [5.74, 6) is 0. The van der Waals surface area contributed by atoms with E-state index in [1.807, 2.05) is 0 Å². The predicted octanol–water partition coefficient (Wildman–Crippen LogP) is 1.22. The molecule has 0 radical (unpaired) electrons. The van der Waals surface area contributed by atoms with Crippen LogP contribution in [0.25, 0.3) is 0 Å². The van der Waals surface area contributed by atoms with Crippen molar-refractivity contribution in [1.29, 1.82) is 0 Å². The van der Waals surface area contributed by atoms with Gasteiger partial charge in [0.1, 0.15) is 0 Å². The molecule has 1 rings (SSSR count). The molecular weight excluding hydrogens is 176 g/mol. The molecule has 0 spiro atoms. The van der Waals surface area contributed by atoms with Crippen molar-refractivity contribution in [3.63, 3.8) is 0 Å². The number of nitrogens with zero attached hydrogens (tertiary/aromatic N) is 1. The Morgan fingerprint density at radius 2 is 1.93 bits per heavy atom. The third-order valence-electron chi connectivity index (χ3n) is 2.84. The van der Waals surface area contributed by atoms with E-state index in [4.69, 9.17) is 10.5 Å². The van der Waals surface area contributed by atoms with Crippen LogP contribution in [0.1, 0.15) is 33.6 Å². The van der Waals surface area contributed by atoms with Crippen molar-refractivity contribution in [2.45, 2.75) is 51.9 Å². The minimum absolute atomic E-state index is 0.364. The van der Waals surface area contributed by atoms with Gasteiger partial charge in [0, 0.05) is 19.1 Å². The maximum atomic E-state index is 5.90. The SMILES string of the molecule is CCC(N)CCN1C[C@@H](C)O[C@@H](C)C1. The zero-order valence-electron chi connectivity index (χ0n) is 9.70.